The number of pyridine rings is 1. The van der Waals surface area contributed by atoms with Gasteiger partial charge in [0.05, 0.1) is 0 Å². The second-order valence-corrected chi connectivity index (χ2v) is 10.4. The molecule has 3 N–H and O–H groups in total. The lowest BCUT2D eigenvalue weighted by molar-refractivity contribution is -0.139. The molecule has 0 aliphatic rings. The molecule has 1 aromatic heterocycles. The van der Waals surface area contributed by atoms with Crippen molar-refractivity contribution in [3.8, 4) is 11.1 Å². The van der Waals surface area contributed by atoms with E-state index in [0.29, 0.717) is 23.3 Å². The van der Waals surface area contributed by atoms with Gasteiger partial charge in [0.1, 0.15) is 12.1 Å². The van der Waals surface area contributed by atoms with E-state index in [1.54, 1.807) is 24.5 Å². The molecule has 0 saturated heterocycles. The number of carbonyl (C=O) groups excluding carboxylic acids is 1. The van der Waals surface area contributed by atoms with Gasteiger partial charge in [-0.1, -0.05) is 72.8 Å². The first-order valence-electron chi connectivity index (χ1n) is 13.0. The Morgan fingerprint density at radius 3 is 2.45 bits per heavy atom. The second kappa shape index (κ2) is 13.7. The fourth-order valence-corrected chi connectivity index (χ4v) is 4.97. The highest BCUT2D eigenvalue weighted by Crippen LogP contribution is 2.30. The van der Waals surface area contributed by atoms with Gasteiger partial charge in [0.2, 0.25) is 0 Å². The van der Waals surface area contributed by atoms with Crippen LogP contribution in [0.5, 0.6) is 0 Å². The number of aliphatic carboxylic acids is 1. The maximum atomic E-state index is 13.3. The molecule has 204 valence electrons. The highest BCUT2D eigenvalue weighted by atomic mass is 32.2. The van der Waals surface area contributed by atoms with Gasteiger partial charge in [-0.15, -0.1) is 0 Å². The number of hydrogen-bond acceptors (Lipinski definition) is 5. The highest BCUT2D eigenvalue weighted by molar-refractivity contribution is 7.98. The summed E-state index contributed by atoms with van der Waals surface area (Å²) in [6.07, 6.45) is 8.62. The van der Waals surface area contributed by atoms with Gasteiger partial charge in [-0.3, -0.25) is 9.78 Å². The Kier molecular flexibility index (Phi) is 9.89. The van der Waals surface area contributed by atoms with Gasteiger partial charge in [0.25, 0.3) is 5.91 Å². The van der Waals surface area contributed by atoms with Crippen LogP contribution < -0.4 is 5.32 Å². The molecule has 1 amide bonds. The summed E-state index contributed by atoms with van der Waals surface area (Å²) >= 11 is 1.54. The molecule has 1 heterocycles. The third-order valence-corrected chi connectivity index (χ3v) is 7.33. The molecule has 0 aliphatic carbocycles. The van der Waals surface area contributed by atoms with E-state index < -0.39 is 24.0 Å². The Morgan fingerprint density at radius 2 is 1.73 bits per heavy atom. The first-order chi connectivity index (χ1) is 19.4. The molecule has 0 spiro atoms. The molecule has 6 nitrogen and oxygen atoms in total. The number of aliphatic hydroxyl groups excluding tert-OH is 1. The van der Waals surface area contributed by atoms with Crippen molar-refractivity contribution in [2.75, 3.05) is 12.0 Å². The summed E-state index contributed by atoms with van der Waals surface area (Å²) in [4.78, 5) is 29.3. The van der Waals surface area contributed by atoms with E-state index in [9.17, 15) is 19.8 Å². The van der Waals surface area contributed by atoms with Gasteiger partial charge in [0, 0.05) is 18.0 Å². The second-order valence-electron chi connectivity index (χ2n) is 9.42. The molecule has 2 atom stereocenters. The Morgan fingerprint density at radius 1 is 0.975 bits per heavy atom. The molecule has 7 heteroatoms. The average Bonchev–Trinajstić information content (AvgIpc) is 2.98. The first kappa shape index (κ1) is 28.8. The largest absolute Gasteiger partial charge is 0.480 e. The zero-order valence-electron chi connectivity index (χ0n) is 22.5. The van der Waals surface area contributed by atoms with Crippen molar-refractivity contribution < 1.29 is 19.8 Å². The number of amides is 1. The SMILES string of the molecule is CSCC[C@H](NC(=O)c1ccc(/C=C/c2cnccc2C(O)c2ccccc2)cc1-c1ccccc1C)C(=O)O. The van der Waals surface area contributed by atoms with Crippen molar-refractivity contribution >= 4 is 35.8 Å². The minimum absolute atomic E-state index is 0.338. The monoisotopic (exact) mass is 552 g/mol. The summed E-state index contributed by atoms with van der Waals surface area (Å²) in [6.45, 7) is 1.98. The van der Waals surface area contributed by atoms with E-state index in [4.69, 9.17) is 0 Å². The summed E-state index contributed by atoms with van der Waals surface area (Å²) in [5, 5.41) is 23.3. The highest BCUT2D eigenvalue weighted by Gasteiger charge is 2.22. The summed E-state index contributed by atoms with van der Waals surface area (Å²) < 4.78 is 0. The van der Waals surface area contributed by atoms with Crippen LogP contribution in [0.15, 0.2) is 91.3 Å². The molecular weight excluding hydrogens is 520 g/mol. The van der Waals surface area contributed by atoms with E-state index in [-0.39, 0.29) is 0 Å². The van der Waals surface area contributed by atoms with Crippen LogP contribution in [0.1, 0.15) is 50.7 Å². The number of thioether (sulfide) groups is 1. The molecule has 40 heavy (non-hydrogen) atoms. The number of aromatic nitrogens is 1. The minimum Gasteiger partial charge on any atom is -0.480 e. The lowest BCUT2D eigenvalue weighted by atomic mass is 9.93. The maximum Gasteiger partial charge on any atom is 0.326 e. The predicted molar refractivity (Wildman–Crippen MR) is 162 cm³/mol. The van der Waals surface area contributed by atoms with Crippen molar-refractivity contribution in [1.29, 1.82) is 0 Å². The Hall–Kier alpha value is -4.20. The van der Waals surface area contributed by atoms with Crippen LogP contribution in [0, 0.1) is 6.92 Å². The number of benzene rings is 3. The third-order valence-electron chi connectivity index (χ3n) is 6.69. The normalized spacial score (nSPS) is 12.7. The van der Waals surface area contributed by atoms with Crippen molar-refractivity contribution in [2.24, 2.45) is 0 Å². The number of carbonyl (C=O) groups is 2. The molecule has 0 radical (unpaired) electrons. The molecule has 1 unspecified atom stereocenters. The van der Waals surface area contributed by atoms with Crippen LogP contribution in [-0.4, -0.2) is 45.1 Å². The number of carboxylic acids is 1. The van der Waals surface area contributed by atoms with Crippen LogP contribution in [0.25, 0.3) is 23.3 Å². The summed E-state index contributed by atoms with van der Waals surface area (Å²) in [6, 6.07) is 23.6. The van der Waals surface area contributed by atoms with E-state index in [1.165, 1.54) is 11.8 Å². The van der Waals surface area contributed by atoms with Gasteiger partial charge in [-0.25, -0.2) is 4.79 Å². The standard InChI is InChI=1S/C33H32N2O4S/c1-22-8-6-7-11-26(22)29-20-23(13-15-28(29)32(37)35-30(33(38)39)17-19-40-2)12-14-25-21-34-18-16-27(25)31(36)24-9-4-3-5-10-24/h3-16,18,20-21,30-31,36H,17,19H2,1-2H3,(H,35,37)(H,38,39)/b14-12+/t30-,31?/m0/s1. The Bertz CT molecular complexity index is 1500. The summed E-state index contributed by atoms with van der Waals surface area (Å²) in [7, 11) is 0. The van der Waals surface area contributed by atoms with E-state index in [0.717, 1.165) is 33.4 Å². The quantitative estimate of drug-likeness (QED) is 0.204. The van der Waals surface area contributed by atoms with Crippen LogP contribution in [-0.2, 0) is 4.79 Å². The number of hydrogen-bond donors (Lipinski definition) is 3. The molecular formula is C33H32N2O4S. The Balaban J connectivity index is 1.69. The fraction of sp³-hybridized carbons (Fsp3) is 0.182. The van der Waals surface area contributed by atoms with Gasteiger partial charge >= 0.3 is 5.97 Å². The zero-order valence-corrected chi connectivity index (χ0v) is 23.3. The Labute approximate surface area is 238 Å². The van der Waals surface area contributed by atoms with Gasteiger partial charge in [0.15, 0.2) is 0 Å². The summed E-state index contributed by atoms with van der Waals surface area (Å²) in [5.74, 6) is -0.854. The number of aryl methyl sites for hydroxylation is 1. The number of nitrogens with one attached hydrogen (secondary N) is 1. The third kappa shape index (κ3) is 7.05. The number of rotatable bonds is 11. The smallest absolute Gasteiger partial charge is 0.326 e. The number of nitrogens with zero attached hydrogens (tertiary/aromatic N) is 1. The van der Waals surface area contributed by atoms with E-state index >= 15 is 0 Å². The van der Waals surface area contributed by atoms with Crippen molar-refractivity contribution in [3.63, 3.8) is 0 Å². The number of carboxylic acid groups (broad SMARTS) is 1. The van der Waals surface area contributed by atoms with Crippen LogP contribution in [0.3, 0.4) is 0 Å². The van der Waals surface area contributed by atoms with Crippen LogP contribution >= 0.6 is 11.8 Å². The molecule has 4 rings (SSSR count). The van der Waals surface area contributed by atoms with Gasteiger partial charge in [-0.05, 0) is 82.5 Å². The molecule has 0 aliphatic heterocycles. The first-order valence-corrected chi connectivity index (χ1v) is 14.4. The predicted octanol–water partition coefficient (Wildman–Crippen LogP) is 6.25. The van der Waals surface area contributed by atoms with Crippen molar-refractivity contribution in [3.05, 3.63) is 125 Å². The average molecular weight is 553 g/mol. The maximum absolute atomic E-state index is 13.3. The van der Waals surface area contributed by atoms with E-state index in [1.807, 2.05) is 92.1 Å². The lowest BCUT2D eigenvalue weighted by Crippen LogP contribution is -2.41. The molecule has 0 bridgehead atoms. The van der Waals surface area contributed by atoms with Gasteiger partial charge in [-0.2, -0.15) is 11.8 Å². The van der Waals surface area contributed by atoms with Gasteiger partial charge < -0.3 is 15.5 Å². The van der Waals surface area contributed by atoms with Crippen molar-refractivity contribution in [1.82, 2.24) is 10.3 Å². The lowest BCUT2D eigenvalue weighted by Gasteiger charge is -2.17. The van der Waals surface area contributed by atoms with Crippen LogP contribution in [0.2, 0.25) is 0 Å². The molecule has 0 saturated carbocycles. The molecule has 4 aromatic rings. The topological polar surface area (TPSA) is 99.5 Å². The zero-order chi connectivity index (χ0) is 28.5. The fourth-order valence-electron chi connectivity index (χ4n) is 4.50. The molecule has 0 fully saturated rings. The number of aliphatic hydroxyl groups is 1. The minimum atomic E-state index is -1.05. The van der Waals surface area contributed by atoms with E-state index in [2.05, 4.69) is 10.3 Å². The summed E-state index contributed by atoms with van der Waals surface area (Å²) in [5.41, 5.74) is 6.14. The molecule has 3 aromatic carbocycles. The van der Waals surface area contributed by atoms with Crippen LogP contribution in [0.4, 0.5) is 0 Å². The van der Waals surface area contributed by atoms with Crippen molar-refractivity contribution in [2.45, 2.75) is 25.5 Å².